The maximum absolute atomic E-state index is 13.9. The van der Waals surface area contributed by atoms with E-state index in [1.165, 1.54) is 125 Å². The fourth-order valence-corrected chi connectivity index (χ4v) is 22.5. The Morgan fingerprint density at radius 3 is 1.36 bits per heavy atom. The van der Waals surface area contributed by atoms with Crippen LogP contribution in [0.5, 0.6) is 0 Å². The summed E-state index contributed by atoms with van der Waals surface area (Å²) in [6.45, 7) is 31.1. The van der Waals surface area contributed by atoms with Gasteiger partial charge in [-0.05, 0) is 315 Å². The standard InChI is InChI=1S/C27H36Cl2N4O2Si.C17H24N2.C14H16N2O2.C14H18N2.C11H11BrN2O2.C9H8BrNO2.C9H6BrNO2.C9H9NO2/c1-7-11-32-12-10-19-15-20(16-21(23(19)32)18-8-9-18)33(13-14-35-36(5,6)27(2,3)4)26(34)22-24(28)30-17-31-25(22)29;1-3-8-18-15-11-14-7-10-19(9-4-2)17(14)16(12-15)13-5-6-13;1-2-6-15-7-5-11-8-12(16(17)18)9-13(14(11)15)10-3-4-10;1-2-6-16-7-5-11-8-12(15)9-13(14(11)16)10-3-4-10;1-2-4-13-5-3-8-6-9(14(15)16)7-10(12)11(8)13;2*10-9-5-7(11(12)13)4-6-2-1-3-8(6)9;11-10(12)9-5-4-7-2-1-3-8(7)6-9/h10,12,15-18H,7-9,11,13-14H2,1-6H3;7,10-13,18H,3-6,8-9H2,1-2H3;5,7-10H,2-4,6H2,1H3;5,7-10H,2-4,6,15H2,1H3;3,5-7H,2,4H2,1H3;4-5H,1-3H2;1-2,4-5H,3H2;4-6H,1-3H2. The molecule has 0 atom stereocenters. The first-order chi connectivity index (χ1) is 68.5. The molecule has 6 heterocycles. The van der Waals surface area contributed by atoms with Crippen molar-refractivity contribution in [3.63, 3.8) is 0 Å². The number of hydrogen-bond donors (Lipinski definition) is 2. The zero-order valence-electron chi connectivity index (χ0n) is 83.3. The number of carbonyl (C=O) groups excluding carboxylic acids is 1. The Morgan fingerprint density at radius 2 is 0.874 bits per heavy atom. The van der Waals surface area contributed by atoms with Crippen molar-refractivity contribution in [3.05, 3.63) is 312 Å². The average molecular weight is 2190 g/mol. The van der Waals surface area contributed by atoms with Crippen molar-refractivity contribution in [1.82, 2.24) is 32.8 Å². The summed E-state index contributed by atoms with van der Waals surface area (Å²) in [6, 6.07) is 41.9. The predicted molar refractivity (Wildman–Crippen MR) is 592 cm³/mol. The number of aromatic nitrogens is 7. The highest BCUT2D eigenvalue weighted by atomic mass is 79.9. The molecule has 6 aromatic heterocycles. The number of rotatable bonds is 28. The number of amides is 1. The lowest BCUT2D eigenvalue weighted by atomic mass is 10.0. The summed E-state index contributed by atoms with van der Waals surface area (Å²) >= 11 is 22.7. The van der Waals surface area contributed by atoms with Crippen LogP contribution in [0.4, 0.5) is 45.5 Å². The van der Waals surface area contributed by atoms with Gasteiger partial charge in [0.25, 0.3) is 34.3 Å². The first-order valence-corrected chi connectivity index (χ1v) is 56.1. The minimum Gasteiger partial charge on any atom is -0.415 e. The molecule has 0 spiro atoms. The van der Waals surface area contributed by atoms with Crippen LogP contribution in [0, 0.1) is 50.6 Å². The Balaban J connectivity index is 0.000000134. The number of carbonyl (C=O) groups is 1. The third kappa shape index (κ3) is 26.5. The fourth-order valence-electron chi connectivity index (χ4n) is 18.9. The average Bonchev–Trinajstić information content (AvgIpc) is 1.62. The first kappa shape index (κ1) is 107. The fraction of sp³-hybridized carbons (Fsp3) is 0.409. The molecule has 0 aliphatic heterocycles. The summed E-state index contributed by atoms with van der Waals surface area (Å²) in [4.78, 5) is 75.1. The number of nitrogen functional groups attached to an aromatic ring is 1. The van der Waals surface area contributed by atoms with Gasteiger partial charge in [-0.3, -0.25) is 55.4 Å². The van der Waals surface area contributed by atoms with E-state index in [-0.39, 0.29) is 79.9 Å². The molecule has 14 aromatic rings. The van der Waals surface area contributed by atoms with Crippen molar-refractivity contribution in [2.45, 2.75) is 272 Å². The molecular weight excluding hydrogens is 2060 g/mol. The van der Waals surface area contributed by atoms with Gasteiger partial charge in [-0.15, -0.1) is 0 Å². The Kier molecular flexibility index (Phi) is 36.0. The number of halogens is 5. The second-order valence-corrected chi connectivity index (χ2v) is 47.5. The second kappa shape index (κ2) is 48.0. The zero-order valence-corrected chi connectivity index (χ0v) is 90.6. The number of aryl methyl sites for hydroxylation is 8. The largest absolute Gasteiger partial charge is 0.415 e. The van der Waals surface area contributed by atoms with Crippen LogP contribution in [0.25, 0.3) is 60.6 Å². The van der Waals surface area contributed by atoms with Gasteiger partial charge in [0.15, 0.2) is 8.32 Å². The molecule has 754 valence electrons. The Hall–Kier alpha value is -11.5. The highest BCUT2D eigenvalue weighted by Crippen LogP contribution is 2.50. The van der Waals surface area contributed by atoms with Gasteiger partial charge in [0.1, 0.15) is 22.2 Å². The van der Waals surface area contributed by atoms with Crippen molar-refractivity contribution in [3.8, 4) is 0 Å². The number of hydrogen-bond acceptors (Lipinski definition) is 16. The molecule has 1 amide bonds. The normalized spacial score (nSPS) is 14.2. The van der Waals surface area contributed by atoms with Crippen LogP contribution < -0.4 is 16.0 Å². The molecule has 4 saturated carbocycles. The maximum Gasteiger partial charge on any atom is 0.271 e. The topological polar surface area (TPSA) is 334 Å². The number of fused-ring (bicyclic) bond motifs is 8. The lowest BCUT2D eigenvalue weighted by molar-refractivity contribution is -0.385. The van der Waals surface area contributed by atoms with E-state index < -0.39 is 8.32 Å². The molecule has 0 bridgehead atoms. The number of nitrogens with two attached hydrogens (primary N) is 1. The maximum atomic E-state index is 13.9. The molecule has 21 rings (SSSR count). The molecule has 0 radical (unpaired) electrons. The number of nitrogens with one attached hydrogen (secondary N) is 1. The molecule has 3 N–H and O–H groups in total. The minimum absolute atomic E-state index is 0.0490. The van der Waals surface area contributed by atoms with Gasteiger partial charge in [-0.2, -0.15) is 0 Å². The quantitative estimate of drug-likeness (QED) is 0.0151. The molecule has 8 aromatic carbocycles. The number of nitro benzene ring substituents is 5. The minimum atomic E-state index is -2.00. The zero-order chi connectivity index (χ0) is 102. The highest BCUT2D eigenvalue weighted by molar-refractivity contribution is 9.11. The molecule has 27 nitrogen and oxygen atoms in total. The molecule has 33 heteroatoms. The van der Waals surface area contributed by atoms with E-state index >= 15 is 0 Å². The molecule has 143 heavy (non-hydrogen) atoms. The van der Waals surface area contributed by atoms with Crippen molar-refractivity contribution >= 4 is 191 Å². The summed E-state index contributed by atoms with van der Waals surface area (Å²) in [5.41, 5.74) is 28.7. The van der Waals surface area contributed by atoms with Crippen LogP contribution in [0.1, 0.15) is 255 Å². The highest BCUT2D eigenvalue weighted by Gasteiger charge is 2.39. The number of allylic oxidation sites excluding steroid dienone is 1. The third-order valence-electron chi connectivity index (χ3n) is 27.5. The van der Waals surface area contributed by atoms with E-state index in [1.54, 1.807) is 71.1 Å². The van der Waals surface area contributed by atoms with Gasteiger partial charge < -0.3 is 43.2 Å². The van der Waals surface area contributed by atoms with Gasteiger partial charge in [0.2, 0.25) is 0 Å². The van der Waals surface area contributed by atoms with Gasteiger partial charge >= 0.3 is 0 Å². The third-order valence-corrected chi connectivity index (χ3v) is 34.7. The summed E-state index contributed by atoms with van der Waals surface area (Å²) in [5, 5.41) is 62.6. The predicted octanol–water partition coefficient (Wildman–Crippen LogP) is 31.4. The van der Waals surface area contributed by atoms with E-state index in [9.17, 15) is 55.4 Å². The van der Waals surface area contributed by atoms with E-state index in [4.69, 9.17) is 33.4 Å². The lowest BCUT2D eigenvalue weighted by Crippen LogP contribution is -2.43. The van der Waals surface area contributed by atoms with E-state index in [0.29, 0.717) is 25.0 Å². The molecule has 7 aliphatic carbocycles. The number of nitro groups is 5. The van der Waals surface area contributed by atoms with Crippen LogP contribution >= 0.6 is 71.0 Å². The Labute approximate surface area is 871 Å². The van der Waals surface area contributed by atoms with E-state index in [2.05, 4.69) is 235 Å². The van der Waals surface area contributed by atoms with Crippen LogP contribution in [0.2, 0.25) is 28.4 Å². The summed E-state index contributed by atoms with van der Waals surface area (Å²) < 4.78 is 20.4. The lowest BCUT2D eigenvalue weighted by Gasteiger charge is -2.37. The second-order valence-electron chi connectivity index (χ2n) is 39.4. The summed E-state index contributed by atoms with van der Waals surface area (Å²) in [6.07, 6.45) is 39.7. The monoisotopic (exact) mass is 2190 g/mol. The molecule has 7 aliphatic rings. The number of anilines is 3. The van der Waals surface area contributed by atoms with Crippen molar-refractivity contribution < 1.29 is 33.8 Å². The van der Waals surface area contributed by atoms with Crippen LogP contribution in [0.15, 0.2) is 190 Å². The van der Waals surface area contributed by atoms with Crippen molar-refractivity contribution in [1.29, 1.82) is 0 Å². The smallest absolute Gasteiger partial charge is 0.271 e. The van der Waals surface area contributed by atoms with E-state index in [1.807, 2.05) is 42.7 Å². The number of benzene rings is 8. The number of nitrogens with zero attached hydrogens (tertiary/aromatic N) is 13. The SMILES string of the molecule is CCCNc1cc(C2CC2)c2c(ccn2CCC)c1.CCCn1ccc2cc(N(CCO[Si](C)(C)C(C)(C)C)C(=O)c3c(Cl)ncnc3Cl)cc(C3CC3)c21.CCCn1ccc2cc(N)cc(C3CC3)c21.CCCn1ccc2cc([N+](=O)[O-])cc(Br)c21.CCCn1ccc2cc([N+](=O)[O-])cc(C3CC3)c21.O=[N+]([O-])c1cc(Br)c2c(c1)C=CC2.O=[N+]([O-])c1cc(Br)c2c(c1)CCC2.O=[N+]([O-])c1ccc2c(c1)CCC2. The molecule has 0 unspecified atom stereocenters. The van der Waals surface area contributed by atoms with Crippen LogP contribution in [0.3, 0.4) is 0 Å². The van der Waals surface area contributed by atoms with Crippen LogP contribution in [-0.4, -0.2) is 91.3 Å². The Morgan fingerprint density at radius 1 is 0.469 bits per heavy atom. The molecule has 0 saturated heterocycles. The first-order valence-electron chi connectivity index (χ1n) is 50.1. The van der Waals surface area contributed by atoms with Gasteiger partial charge in [0, 0.05) is 195 Å². The summed E-state index contributed by atoms with van der Waals surface area (Å²) in [5.74, 6) is 2.29. The van der Waals surface area contributed by atoms with Crippen molar-refractivity contribution in [2.75, 3.05) is 35.6 Å². The van der Waals surface area contributed by atoms with E-state index in [0.717, 1.165) is 202 Å². The van der Waals surface area contributed by atoms with Gasteiger partial charge in [-0.25, -0.2) is 9.97 Å². The molecule has 4 fully saturated rings. The summed E-state index contributed by atoms with van der Waals surface area (Å²) in [7, 11) is -2.00. The van der Waals surface area contributed by atoms with Gasteiger partial charge in [0.05, 0.1) is 58.8 Å². The number of non-ortho nitro benzene ring substituents is 5. The Bertz CT molecular complexity index is 7030. The van der Waals surface area contributed by atoms with Crippen LogP contribution in [-0.2, 0) is 69.3 Å². The van der Waals surface area contributed by atoms with Crippen molar-refractivity contribution in [2.24, 2.45) is 0 Å². The molecular formula is C110H128Br3Cl2N15O12Si. The van der Waals surface area contributed by atoms with Gasteiger partial charge in [-0.1, -0.05) is 136 Å².